The van der Waals surface area contributed by atoms with Gasteiger partial charge in [-0.05, 0) is 17.9 Å². The molecule has 4 heteroatoms. The summed E-state index contributed by atoms with van der Waals surface area (Å²) in [5.74, 6) is 0.879. The molecule has 21 heavy (non-hydrogen) atoms. The third-order valence-corrected chi connectivity index (χ3v) is 4.10. The number of fused-ring (bicyclic) bond motifs is 1. The fourth-order valence-electron chi connectivity index (χ4n) is 3.13. The second kappa shape index (κ2) is 7.05. The Morgan fingerprint density at radius 2 is 1.90 bits per heavy atom. The number of hydrazone groups is 1. The predicted molar refractivity (Wildman–Crippen MR) is 85.6 cm³/mol. The van der Waals surface area contributed by atoms with Gasteiger partial charge in [0.05, 0.1) is 5.71 Å². The Labute approximate surface area is 127 Å². The molecule has 0 saturated heterocycles. The van der Waals surface area contributed by atoms with Gasteiger partial charge in [-0.15, -0.1) is 0 Å². The SMILES string of the molecule is COC(CC1CC(C)c2ccccc2C1=NN(C)C)OC. The third kappa shape index (κ3) is 3.63. The Balaban J connectivity index is 2.37. The average Bonchev–Trinajstić information content (AvgIpc) is 2.48. The summed E-state index contributed by atoms with van der Waals surface area (Å²) in [6.07, 6.45) is 1.73. The second-order valence-electron chi connectivity index (χ2n) is 5.89. The van der Waals surface area contributed by atoms with Crippen LogP contribution in [-0.4, -0.2) is 45.3 Å². The molecule has 1 aliphatic carbocycles. The lowest BCUT2D eigenvalue weighted by Gasteiger charge is -2.33. The maximum atomic E-state index is 5.39. The summed E-state index contributed by atoms with van der Waals surface area (Å²) in [6.45, 7) is 2.28. The van der Waals surface area contributed by atoms with Gasteiger partial charge in [0.2, 0.25) is 0 Å². The summed E-state index contributed by atoms with van der Waals surface area (Å²) in [6, 6.07) is 8.58. The number of nitrogens with zero attached hydrogens (tertiary/aromatic N) is 2. The topological polar surface area (TPSA) is 34.1 Å². The highest BCUT2D eigenvalue weighted by Crippen LogP contribution is 2.37. The van der Waals surface area contributed by atoms with Crippen LogP contribution in [0.2, 0.25) is 0 Å². The minimum absolute atomic E-state index is 0.181. The molecule has 0 aliphatic heterocycles. The van der Waals surface area contributed by atoms with Crippen LogP contribution in [0, 0.1) is 5.92 Å². The van der Waals surface area contributed by atoms with Crippen molar-refractivity contribution in [1.29, 1.82) is 0 Å². The van der Waals surface area contributed by atoms with Crippen molar-refractivity contribution in [2.24, 2.45) is 11.0 Å². The van der Waals surface area contributed by atoms with Gasteiger partial charge in [0.15, 0.2) is 6.29 Å². The second-order valence-corrected chi connectivity index (χ2v) is 5.89. The molecule has 0 heterocycles. The zero-order chi connectivity index (χ0) is 15.4. The van der Waals surface area contributed by atoms with E-state index in [9.17, 15) is 0 Å². The molecule has 0 bridgehead atoms. The van der Waals surface area contributed by atoms with Crippen molar-refractivity contribution in [2.75, 3.05) is 28.3 Å². The van der Waals surface area contributed by atoms with Gasteiger partial charge in [0.25, 0.3) is 0 Å². The smallest absolute Gasteiger partial charge is 0.157 e. The van der Waals surface area contributed by atoms with Crippen LogP contribution < -0.4 is 0 Å². The van der Waals surface area contributed by atoms with Crippen LogP contribution in [0.15, 0.2) is 29.4 Å². The van der Waals surface area contributed by atoms with E-state index in [4.69, 9.17) is 14.6 Å². The third-order valence-electron chi connectivity index (χ3n) is 4.10. The number of rotatable bonds is 5. The van der Waals surface area contributed by atoms with E-state index < -0.39 is 0 Å². The zero-order valence-corrected chi connectivity index (χ0v) is 13.7. The summed E-state index contributed by atoms with van der Waals surface area (Å²) in [5, 5.41) is 6.63. The molecule has 2 rings (SSSR count). The Hall–Kier alpha value is -1.39. The van der Waals surface area contributed by atoms with Crippen LogP contribution in [0.3, 0.4) is 0 Å². The lowest BCUT2D eigenvalue weighted by molar-refractivity contribution is -0.111. The van der Waals surface area contributed by atoms with E-state index in [1.165, 1.54) is 11.1 Å². The minimum Gasteiger partial charge on any atom is -0.356 e. The molecule has 1 aliphatic rings. The van der Waals surface area contributed by atoms with E-state index >= 15 is 0 Å². The number of methoxy groups -OCH3 is 2. The van der Waals surface area contributed by atoms with Crippen molar-refractivity contribution in [3.05, 3.63) is 35.4 Å². The molecule has 1 aromatic carbocycles. The van der Waals surface area contributed by atoms with Crippen LogP contribution >= 0.6 is 0 Å². The summed E-state index contributed by atoms with van der Waals surface area (Å²) in [5.41, 5.74) is 3.80. The van der Waals surface area contributed by atoms with Gasteiger partial charge in [0.1, 0.15) is 0 Å². The molecule has 1 aromatic rings. The quantitative estimate of drug-likeness (QED) is 0.617. The molecular weight excluding hydrogens is 264 g/mol. The first-order valence-electron chi connectivity index (χ1n) is 7.47. The first kappa shape index (κ1) is 16.0. The molecule has 0 aromatic heterocycles. The molecule has 0 amide bonds. The largest absolute Gasteiger partial charge is 0.356 e. The number of ether oxygens (including phenoxy) is 2. The Bertz CT molecular complexity index is 495. The normalized spacial score (nSPS) is 23.4. The van der Waals surface area contributed by atoms with Crippen molar-refractivity contribution in [3.8, 4) is 0 Å². The monoisotopic (exact) mass is 290 g/mol. The van der Waals surface area contributed by atoms with Crippen LogP contribution in [0.25, 0.3) is 0 Å². The first-order valence-corrected chi connectivity index (χ1v) is 7.47. The molecule has 0 spiro atoms. The van der Waals surface area contributed by atoms with E-state index in [1.807, 2.05) is 19.1 Å². The fourth-order valence-corrected chi connectivity index (χ4v) is 3.13. The minimum atomic E-state index is -0.181. The molecule has 0 radical (unpaired) electrons. The highest BCUT2D eigenvalue weighted by atomic mass is 16.7. The molecular formula is C17H26N2O2. The fraction of sp³-hybridized carbons (Fsp3) is 0.588. The molecule has 116 valence electrons. The molecule has 2 unspecified atom stereocenters. The van der Waals surface area contributed by atoms with E-state index in [1.54, 1.807) is 14.2 Å². The van der Waals surface area contributed by atoms with E-state index in [0.29, 0.717) is 11.8 Å². The average molecular weight is 290 g/mol. The van der Waals surface area contributed by atoms with Gasteiger partial charge in [-0.25, -0.2) is 0 Å². The number of benzene rings is 1. The van der Waals surface area contributed by atoms with Gasteiger partial charge < -0.3 is 14.5 Å². The summed E-state index contributed by atoms with van der Waals surface area (Å²) < 4.78 is 10.8. The number of hydrogen-bond acceptors (Lipinski definition) is 4. The zero-order valence-electron chi connectivity index (χ0n) is 13.7. The van der Waals surface area contributed by atoms with Crippen molar-refractivity contribution in [1.82, 2.24) is 5.01 Å². The van der Waals surface area contributed by atoms with Crippen molar-refractivity contribution in [3.63, 3.8) is 0 Å². The van der Waals surface area contributed by atoms with E-state index in [0.717, 1.165) is 18.6 Å². The van der Waals surface area contributed by atoms with Crippen molar-refractivity contribution >= 4 is 5.71 Å². The van der Waals surface area contributed by atoms with Crippen LogP contribution in [0.1, 0.15) is 36.8 Å². The summed E-state index contributed by atoms with van der Waals surface area (Å²) >= 11 is 0. The molecule has 4 nitrogen and oxygen atoms in total. The highest BCUT2D eigenvalue weighted by Gasteiger charge is 2.31. The van der Waals surface area contributed by atoms with Gasteiger partial charge in [-0.3, -0.25) is 0 Å². The van der Waals surface area contributed by atoms with Crippen LogP contribution in [-0.2, 0) is 9.47 Å². The highest BCUT2D eigenvalue weighted by molar-refractivity contribution is 6.04. The standard InChI is InChI=1S/C17H26N2O2/c1-12-10-13(11-16(20-4)21-5)17(18-19(2)3)15-9-7-6-8-14(12)15/h6-9,12-13,16H,10-11H2,1-5H3. The van der Waals surface area contributed by atoms with Crippen LogP contribution in [0.5, 0.6) is 0 Å². The van der Waals surface area contributed by atoms with Gasteiger partial charge >= 0.3 is 0 Å². The Kier molecular flexibility index (Phi) is 5.37. The van der Waals surface area contributed by atoms with E-state index in [2.05, 4.69) is 31.2 Å². The van der Waals surface area contributed by atoms with Gasteiger partial charge in [-0.2, -0.15) is 5.10 Å². The first-order chi connectivity index (χ1) is 10.1. The molecule has 2 atom stereocenters. The van der Waals surface area contributed by atoms with E-state index in [-0.39, 0.29) is 6.29 Å². The molecule has 0 fully saturated rings. The molecule has 0 N–H and O–H groups in total. The van der Waals surface area contributed by atoms with Crippen molar-refractivity contribution < 1.29 is 9.47 Å². The maximum absolute atomic E-state index is 5.39. The predicted octanol–water partition coefficient (Wildman–Crippen LogP) is 3.08. The lowest BCUT2D eigenvalue weighted by Crippen LogP contribution is -2.31. The number of hydrogen-bond donors (Lipinski definition) is 0. The Morgan fingerprint density at radius 1 is 1.24 bits per heavy atom. The van der Waals surface area contributed by atoms with Gasteiger partial charge in [-0.1, -0.05) is 31.2 Å². The lowest BCUT2D eigenvalue weighted by atomic mass is 9.75. The summed E-state index contributed by atoms with van der Waals surface area (Å²) in [4.78, 5) is 0. The van der Waals surface area contributed by atoms with Gasteiger partial charge in [0, 0.05) is 46.2 Å². The Morgan fingerprint density at radius 3 is 2.52 bits per heavy atom. The molecule has 0 saturated carbocycles. The van der Waals surface area contributed by atoms with Crippen molar-refractivity contribution in [2.45, 2.75) is 32.0 Å². The summed E-state index contributed by atoms with van der Waals surface area (Å²) in [7, 11) is 7.32. The van der Waals surface area contributed by atoms with Crippen LogP contribution in [0.4, 0.5) is 0 Å². The maximum Gasteiger partial charge on any atom is 0.157 e.